The Morgan fingerprint density at radius 2 is 1.27 bits per heavy atom. The molecule has 5 rings (SSSR count). The highest BCUT2D eigenvalue weighted by Gasteiger charge is 2.25. The van der Waals surface area contributed by atoms with Crippen LogP contribution in [0.4, 0.5) is 23.3 Å². The van der Waals surface area contributed by atoms with Crippen molar-refractivity contribution >= 4 is 23.3 Å². The second-order valence-electron chi connectivity index (χ2n) is 9.47. The number of rotatable bonds is 4. The Morgan fingerprint density at radius 1 is 0.697 bits per heavy atom. The molecule has 3 fully saturated rings. The number of hydrogen-bond donors (Lipinski definition) is 0. The molecule has 0 bridgehead atoms. The Labute approximate surface area is 197 Å². The van der Waals surface area contributed by atoms with E-state index in [0.29, 0.717) is 0 Å². The number of ether oxygens (including phenoxy) is 1. The van der Waals surface area contributed by atoms with Gasteiger partial charge in [-0.05, 0) is 38.1 Å². The lowest BCUT2D eigenvalue weighted by molar-refractivity contribution is 0.122. The predicted octanol–water partition coefficient (Wildman–Crippen LogP) is 2.01. The van der Waals surface area contributed by atoms with Crippen molar-refractivity contribution in [2.75, 3.05) is 105 Å². The summed E-state index contributed by atoms with van der Waals surface area (Å²) < 4.78 is 5.58. The zero-order valence-electron chi connectivity index (χ0n) is 20.3. The average molecular weight is 452 g/mol. The van der Waals surface area contributed by atoms with Crippen LogP contribution in [0.3, 0.4) is 0 Å². The lowest BCUT2D eigenvalue weighted by atomic mass is 10.1. The molecule has 0 N–H and O–H groups in total. The second-order valence-corrected chi connectivity index (χ2v) is 9.47. The van der Waals surface area contributed by atoms with Crippen LogP contribution in [0, 0.1) is 13.8 Å². The third-order valence-corrected chi connectivity index (χ3v) is 7.33. The molecule has 3 aliphatic rings. The third kappa shape index (κ3) is 4.87. The van der Waals surface area contributed by atoms with E-state index in [1.165, 1.54) is 16.8 Å². The first-order valence-corrected chi connectivity index (χ1v) is 12.3. The van der Waals surface area contributed by atoms with Crippen molar-refractivity contribution in [1.29, 1.82) is 0 Å². The van der Waals surface area contributed by atoms with Gasteiger partial charge in [0.05, 0.1) is 13.2 Å². The van der Waals surface area contributed by atoms with Crippen LogP contribution in [0.25, 0.3) is 0 Å². The van der Waals surface area contributed by atoms with Crippen molar-refractivity contribution in [3.8, 4) is 0 Å². The van der Waals surface area contributed by atoms with Crippen molar-refractivity contribution < 1.29 is 4.74 Å². The molecule has 3 aliphatic heterocycles. The molecule has 1 aromatic heterocycles. The van der Waals surface area contributed by atoms with Crippen molar-refractivity contribution in [3.63, 3.8) is 0 Å². The lowest BCUT2D eigenvalue weighted by Crippen LogP contribution is -2.48. The fourth-order valence-corrected chi connectivity index (χ4v) is 4.93. The van der Waals surface area contributed by atoms with Gasteiger partial charge in [-0.3, -0.25) is 0 Å². The van der Waals surface area contributed by atoms with Gasteiger partial charge in [-0.25, -0.2) is 0 Å². The first-order chi connectivity index (χ1) is 16.1. The molecule has 3 saturated heterocycles. The molecular formula is C25H37N7O. The first-order valence-electron chi connectivity index (χ1n) is 12.3. The molecule has 0 radical (unpaired) electrons. The Morgan fingerprint density at radius 3 is 1.94 bits per heavy atom. The van der Waals surface area contributed by atoms with Crippen LogP contribution in [0.2, 0.25) is 0 Å². The number of piperazine rings is 2. The number of hydrogen-bond acceptors (Lipinski definition) is 8. The predicted molar refractivity (Wildman–Crippen MR) is 135 cm³/mol. The van der Waals surface area contributed by atoms with Crippen molar-refractivity contribution in [2.24, 2.45) is 0 Å². The molecule has 4 heterocycles. The van der Waals surface area contributed by atoms with Crippen molar-refractivity contribution in [2.45, 2.75) is 13.8 Å². The Balaban J connectivity index is 1.36. The summed E-state index contributed by atoms with van der Waals surface area (Å²) in [6, 6.07) is 8.82. The minimum Gasteiger partial charge on any atom is -0.378 e. The van der Waals surface area contributed by atoms with E-state index < -0.39 is 0 Å². The summed E-state index contributed by atoms with van der Waals surface area (Å²) in [5, 5.41) is 0. The Kier molecular flexibility index (Phi) is 6.55. The van der Waals surface area contributed by atoms with Gasteiger partial charge in [-0.2, -0.15) is 9.97 Å². The number of aromatic nitrogens is 2. The summed E-state index contributed by atoms with van der Waals surface area (Å²) in [5.74, 6) is 2.97. The summed E-state index contributed by atoms with van der Waals surface area (Å²) in [6.45, 7) is 15.7. The molecule has 8 heteroatoms. The van der Waals surface area contributed by atoms with Gasteiger partial charge in [0.15, 0.2) is 0 Å². The molecule has 178 valence electrons. The number of likely N-dealkylation sites (N-methyl/N-ethyl adjacent to an activating group) is 1. The summed E-state index contributed by atoms with van der Waals surface area (Å²) in [4.78, 5) is 22.1. The number of benzene rings is 1. The largest absolute Gasteiger partial charge is 0.378 e. The standard InChI is InChI=1S/C25H37N7O/c1-20-5-4-6-22(21(20)2)29-11-13-30(14-12-29)23-19-24(31-15-17-33-18-16-31)27-25(26-23)32-9-7-28(3)8-10-32/h4-6,19H,7-18H2,1-3H3. The zero-order chi connectivity index (χ0) is 22.8. The fraction of sp³-hybridized carbons (Fsp3) is 0.600. The van der Waals surface area contributed by atoms with Gasteiger partial charge in [0.1, 0.15) is 11.6 Å². The summed E-state index contributed by atoms with van der Waals surface area (Å²) >= 11 is 0. The average Bonchev–Trinajstić information content (AvgIpc) is 2.86. The summed E-state index contributed by atoms with van der Waals surface area (Å²) in [6.07, 6.45) is 0. The van der Waals surface area contributed by atoms with Crippen LogP contribution in [-0.4, -0.2) is 101 Å². The molecule has 0 spiro atoms. The van der Waals surface area contributed by atoms with Crippen LogP contribution < -0.4 is 19.6 Å². The van der Waals surface area contributed by atoms with E-state index in [-0.39, 0.29) is 0 Å². The molecule has 1 aromatic carbocycles. The second kappa shape index (κ2) is 9.73. The van der Waals surface area contributed by atoms with E-state index in [0.717, 1.165) is 96.2 Å². The number of anilines is 4. The molecule has 0 aliphatic carbocycles. The highest BCUT2D eigenvalue weighted by atomic mass is 16.5. The van der Waals surface area contributed by atoms with E-state index in [9.17, 15) is 0 Å². The quantitative estimate of drug-likeness (QED) is 0.700. The van der Waals surface area contributed by atoms with Crippen LogP contribution in [0.15, 0.2) is 24.3 Å². The normalized spacial score (nSPS) is 20.5. The maximum Gasteiger partial charge on any atom is 0.229 e. The Bertz CT molecular complexity index is 946. The van der Waals surface area contributed by atoms with Gasteiger partial charge in [0.25, 0.3) is 0 Å². The molecule has 0 saturated carbocycles. The van der Waals surface area contributed by atoms with Crippen LogP contribution in [0.5, 0.6) is 0 Å². The molecule has 33 heavy (non-hydrogen) atoms. The van der Waals surface area contributed by atoms with E-state index in [2.05, 4.69) is 69.7 Å². The maximum absolute atomic E-state index is 5.58. The summed E-state index contributed by atoms with van der Waals surface area (Å²) in [5.41, 5.74) is 4.11. The summed E-state index contributed by atoms with van der Waals surface area (Å²) in [7, 11) is 2.18. The van der Waals surface area contributed by atoms with Gasteiger partial charge in [0.2, 0.25) is 5.95 Å². The highest BCUT2D eigenvalue weighted by Crippen LogP contribution is 2.28. The number of nitrogens with zero attached hydrogens (tertiary/aromatic N) is 7. The Hall–Kier alpha value is -2.58. The SMILES string of the molecule is Cc1cccc(N2CCN(c3cc(N4CCOCC4)nc(N4CCN(C)CC4)n3)CC2)c1C. The minimum atomic E-state index is 0.762. The van der Waals surface area contributed by atoms with Crippen LogP contribution in [0.1, 0.15) is 11.1 Å². The number of morpholine rings is 1. The maximum atomic E-state index is 5.58. The highest BCUT2D eigenvalue weighted by molar-refractivity contribution is 5.59. The third-order valence-electron chi connectivity index (χ3n) is 7.33. The van der Waals surface area contributed by atoms with E-state index >= 15 is 0 Å². The van der Waals surface area contributed by atoms with Gasteiger partial charge in [-0.1, -0.05) is 12.1 Å². The van der Waals surface area contributed by atoms with E-state index in [1.807, 2.05) is 0 Å². The minimum absolute atomic E-state index is 0.762. The van der Waals surface area contributed by atoms with Gasteiger partial charge in [0, 0.05) is 77.2 Å². The van der Waals surface area contributed by atoms with Crippen LogP contribution in [-0.2, 0) is 4.74 Å². The molecule has 2 aromatic rings. The van der Waals surface area contributed by atoms with Gasteiger partial charge in [-0.15, -0.1) is 0 Å². The van der Waals surface area contributed by atoms with Crippen molar-refractivity contribution in [1.82, 2.24) is 14.9 Å². The molecule has 0 unspecified atom stereocenters. The first kappa shape index (κ1) is 22.2. The monoisotopic (exact) mass is 451 g/mol. The molecular weight excluding hydrogens is 414 g/mol. The van der Waals surface area contributed by atoms with Crippen LogP contribution >= 0.6 is 0 Å². The lowest BCUT2D eigenvalue weighted by Gasteiger charge is -2.39. The van der Waals surface area contributed by atoms with E-state index in [4.69, 9.17) is 14.7 Å². The van der Waals surface area contributed by atoms with E-state index in [1.54, 1.807) is 0 Å². The zero-order valence-corrected chi connectivity index (χ0v) is 20.3. The van der Waals surface area contributed by atoms with Crippen molar-refractivity contribution in [3.05, 3.63) is 35.4 Å². The molecule has 0 amide bonds. The van der Waals surface area contributed by atoms with Gasteiger partial charge < -0.3 is 29.2 Å². The molecule has 0 atom stereocenters. The van der Waals surface area contributed by atoms with Gasteiger partial charge >= 0.3 is 0 Å². The topological polar surface area (TPSA) is 51.2 Å². The molecule has 8 nitrogen and oxygen atoms in total. The fourth-order valence-electron chi connectivity index (χ4n) is 4.93. The number of aryl methyl sites for hydroxylation is 1. The smallest absolute Gasteiger partial charge is 0.229 e.